The maximum atomic E-state index is 11.7. The first-order valence-corrected chi connectivity index (χ1v) is 5.36. The average molecular weight is 240 g/mol. The van der Waals surface area contributed by atoms with Crippen molar-refractivity contribution < 1.29 is 12.3 Å². The van der Waals surface area contributed by atoms with E-state index in [2.05, 4.69) is 9.97 Å². The summed E-state index contributed by atoms with van der Waals surface area (Å²) in [5, 5.41) is 0. The summed E-state index contributed by atoms with van der Waals surface area (Å²) in [7, 11) is 1.30. The molecule has 4 heteroatoms. The molecule has 0 bridgehead atoms. The summed E-state index contributed by atoms with van der Waals surface area (Å²) < 4.78 is 20.2. The summed E-state index contributed by atoms with van der Waals surface area (Å²) in [5.74, 6) is -0.493. The van der Waals surface area contributed by atoms with E-state index in [4.69, 9.17) is 7.48 Å². The number of carbonyl (C=O) groups excluding carboxylic acids is 1. The second-order valence-electron chi connectivity index (χ2n) is 3.72. The van der Waals surface area contributed by atoms with E-state index in [1.54, 1.807) is 24.3 Å². The van der Waals surface area contributed by atoms with Gasteiger partial charge < -0.3 is 4.74 Å². The van der Waals surface area contributed by atoms with Gasteiger partial charge in [-0.05, 0) is 24.2 Å². The molecule has 0 N–H and O–H groups in total. The highest BCUT2D eigenvalue weighted by Gasteiger charge is 2.12. The van der Waals surface area contributed by atoms with E-state index in [-0.39, 0.29) is 12.1 Å². The molecule has 0 aliphatic carbocycles. The topological polar surface area (TPSA) is 52.1 Å². The molecule has 3 rings (SSSR count). The van der Waals surface area contributed by atoms with Crippen LogP contribution in [0.3, 0.4) is 0 Å². The van der Waals surface area contributed by atoms with Crippen molar-refractivity contribution in [1.82, 2.24) is 9.97 Å². The van der Waals surface area contributed by atoms with Gasteiger partial charge in [0.15, 0.2) is 0 Å². The van der Waals surface area contributed by atoms with Gasteiger partial charge in [-0.1, -0.05) is 18.2 Å². The molecular weight excluding hydrogens is 228 g/mol. The van der Waals surface area contributed by atoms with E-state index in [0.717, 1.165) is 0 Å². The highest BCUT2D eigenvalue weighted by atomic mass is 16.5. The molecule has 0 amide bonds. The monoisotopic (exact) mass is 240 g/mol. The fourth-order valence-electron chi connectivity index (χ4n) is 1.80. The Morgan fingerprint density at radius 1 is 1.17 bits per heavy atom. The third-order valence-corrected chi connectivity index (χ3v) is 2.64. The van der Waals surface area contributed by atoms with Crippen LogP contribution >= 0.6 is 0 Å². The van der Waals surface area contributed by atoms with Crippen LogP contribution in [0, 0.1) is 0 Å². The minimum absolute atomic E-state index is 0.113. The minimum Gasteiger partial charge on any atom is -0.465 e. The van der Waals surface area contributed by atoms with Crippen LogP contribution in [0.25, 0.3) is 22.1 Å². The predicted molar refractivity (Wildman–Crippen MR) is 68.4 cm³/mol. The molecule has 0 saturated carbocycles. The zero-order chi connectivity index (χ0) is 14.3. The third kappa shape index (κ3) is 1.59. The molecule has 0 atom stereocenters. The maximum absolute atomic E-state index is 11.7. The van der Waals surface area contributed by atoms with Gasteiger partial charge in [-0.25, -0.2) is 14.8 Å². The number of rotatable bonds is 1. The fraction of sp³-hybridized carbons (Fsp3) is 0.0714. The van der Waals surface area contributed by atoms with Crippen molar-refractivity contribution in [3.8, 4) is 0 Å². The highest BCUT2D eigenvalue weighted by Crippen LogP contribution is 2.19. The van der Waals surface area contributed by atoms with Crippen LogP contribution in [-0.2, 0) is 4.74 Å². The molecule has 88 valence electrons. The van der Waals surface area contributed by atoms with E-state index in [1.165, 1.54) is 13.2 Å². The molecule has 0 spiro atoms. The van der Waals surface area contributed by atoms with Gasteiger partial charge in [-0.15, -0.1) is 0 Å². The first kappa shape index (κ1) is 8.58. The smallest absolute Gasteiger partial charge is 0.340 e. The lowest BCUT2D eigenvalue weighted by molar-refractivity contribution is 0.0603. The molecule has 18 heavy (non-hydrogen) atoms. The second-order valence-corrected chi connectivity index (χ2v) is 3.72. The highest BCUT2D eigenvalue weighted by molar-refractivity contribution is 6.03. The van der Waals surface area contributed by atoms with Crippen LogP contribution in [0.2, 0.25) is 0 Å². The Kier molecular flexibility index (Phi) is 1.94. The standard InChI is InChI=1S/C14H10N2O2/c1-18-14(17)9-5-4-8-12-13(9)16-11-7-3-2-6-10(11)15-12/h2-8H,1H3/i2D,7D. The Bertz CT molecular complexity index is 849. The van der Waals surface area contributed by atoms with Crippen molar-refractivity contribution in [2.24, 2.45) is 0 Å². The Labute approximate surface area is 106 Å². The molecule has 0 fully saturated rings. The lowest BCUT2D eigenvalue weighted by Crippen LogP contribution is -2.03. The summed E-state index contributed by atoms with van der Waals surface area (Å²) in [6, 6.07) is 8.29. The van der Waals surface area contributed by atoms with Gasteiger partial charge in [0, 0.05) is 0 Å². The molecular formula is C14H10N2O2. The van der Waals surface area contributed by atoms with Crippen molar-refractivity contribution in [3.05, 3.63) is 48.0 Å². The number of carbonyl (C=O) groups is 1. The first-order chi connectivity index (χ1) is 9.60. The number of fused-ring (bicyclic) bond motifs is 2. The van der Waals surface area contributed by atoms with Crippen molar-refractivity contribution in [2.75, 3.05) is 7.11 Å². The normalized spacial score (nSPS) is 12.3. The number of esters is 1. The van der Waals surface area contributed by atoms with Crippen molar-refractivity contribution in [3.63, 3.8) is 0 Å². The Morgan fingerprint density at radius 2 is 2.06 bits per heavy atom. The summed E-state index contributed by atoms with van der Waals surface area (Å²) in [4.78, 5) is 20.5. The van der Waals surface area contributed by atoms with E-state index >= 15 is 0 Å². The molecule has 3 aromatic rings. The summed E-state index contributed by atoms with van der Waals surface area (Å²) in [6.07, 6.45) is 0. The van der Waals surface area contributed by atoms with E-state index in [1.807, 2.05) is 0 Å². The van der Waals surface area contributed by atoms with Gasteiger partial charge in [0.2, 0.25) is 0 Å². The molecule has 0 aliphatic heterocycles. The molecule has 0 unspecified atom stereocenters. The van der Waals surface area contributed by atoms with Crippen LogP contribution in [0.1, 0.15) is 13.1 Å². The van der Waals surface area contributed by atoms with E-state index < -0.39 is 5.97 Å². The number of nitrogens with zero attached hydrogens (tertiary/aromatic N) is 2. The van der Waals surface area contributed by atoms with Crippen LogP contribution in [0.4, 0.5) is 0 Å². The Hall–Kier alpha value is -2.49. The van der Waals surface area contributed by atoms with Crippen LogP contribution in [-0.4, -0.2) is 23.0 Å². The predicted octanol–water partition coefficient (Wildman–Crippen LogP) is 2.57. The summed E-state index contributed by atoms with van der Waals surface area (Å²) in [5.41, 5.74) is 2.08. The molecule has 1 heterocycles. The van der Waals surface area contributed by atoms with Crippen molar-refractivity contribution in [1.29, 1.82) is 0 Å². The van der Waals surface area contributed by atoms with Gasteiger partial charge in [0.25, 0.3) is 0 Å². The lowest BCUT2D eigenvalue weighted by atomic mass is 10.1. The molecule has 2 aromatic carbocycles. The molecule has 0 radical (unpaired) electrons. The van der Waals surface area contributed by atoms with Gasteiger partial charge in [0.05, 0.1) is 32.0 Å². The average Bonchev–Trinajstić information content (AvgIpc) is 2.44. The van der Waals surface area contributed by atoms with Gasteiger partial charge in [-0.3, -0.25) is 0 Å². The van der Waals surface area contributed by atoms with Crippen LogP contribution in [0.5, 0.6) is 0 Å². The van der Waals surface area contributed by atoms with E-state index in [0.29, 0.717) is 27.6 Å². The number of aromatic nitrogens is 2. The first-order valence-electron chi connectivity index (χ1n) is 6.36. The number of para-hydroxylation sites is 3. The quantitative estimate of drug-likeness (QED) is 0.484. The van der Waals surface area contributed by atoms with Crippen molar-refractivity contribution >= 4 is 28.0 Å². The van der Waals surface area contributed by atoms with E-state index in [9.17, 15) is 4.79 Å². The fourth-order valence-corrected chi connectivity index (χ4v) is 1.80. The maximum Gasteiger partial charge on any atom is 0.340 e. The third-order valence-electron chi connectivity index (χ3n) is 2.64. The number of hydrogen-bond donors (Lipinski definition) is 0. The van der Waals surface area contributed by atoms with Crippen molar-refractivity contribution in [2.45, 2.75) is 0 Å². The number of benzene rings is 2. The molecule has 0 aliphatic rings. The minimum atomic E-state index is -0.493. The SMILES string of the molecule is [2H]c1cc([2H])c2nc3c(C(=O)OC)cccc3nc2c1. The number of ether oxygens (including phenoxy) is 1. The van der Waals surface area contributed by atoms with Gasteiger partial charge >= 0.3 is 5.97 Å². The zero-order valence-electron chi connectivity index (χ0n) is 11.6. The Morgan fingerprint density at radius 3 is 2.89 bits per heavy atom. The molecule has 1 aromatic heterocycles. The number of hydrogen-bond acceptors (Lipinski definition) is 4. The number of methoxy groups -OCH3 is 1. The van der Waals surface area contributed by atoms with Gasteiger partial charge in [0.1, 0.15) is 5.52 Å². The summed E-state index contributed by atoms with van der Waals surface area (Å²) in [6.45, 7) is 0. The Balaban J connectivity index is 2.42. The van der Waals surface area contributed by atoms with Crippen LogP contribution < -0.4 is 0 Å². The lowest BCUT2D eigenvalue weighted by Gasteiger charge is -2.04. The largest absolute Gasteiger partial charge is 0.465 e. The zero-order valence-corrected chi connectivity index (χ0v) is 9.60. The molecule has 4 nitrogen and oxygen atoms in total. The summed E-state index contributed by atoms with van der Waals surface area (Å²) >= 11 is 0. The van der Waals surface area contributed by atoms with Gasteiger partial charge in [-0.2, -0.15) is 0 Å². The van der Waals surface area contributed by atoms with Crippen LogP contribution in [0.15, 0.2) is 42.4 Å². The molecule has 0 saturated heterocycles. The second kappa shape index (κ2) is 4.07.